The van der Waals surface area contributed by atoms with Crippen molar-refractivity contribution in [3.8, 4) is 0 Å². The van der Waals surface area contributed by atoms with E-state index in [0.29, 0.717) is 12.3 Å². The molecular formula is C15H19F3N4O4. The van der Waals surface area contributed by atoms with E-state index >= 15 is 0 Å². The lowest BCUT2D eigenvalue weighted by atomic mass is 10.2. The van der Waals surface area contributed by atoms with Crippen LogP contribution < -0.4 is 4.90 Å². The molecule has 2 rings (SSSR count). The van der Waals surface area contributed by atoms with Crippen LogP contribution in [-0.4, -0.2) is 52.7 Å². The van der Waals surface area contributed by atoms with E-state index < -0.39 is 34.0 Å². The number of pyridine rings is 1. The molecule has 2 heterocycles. The molecule has 1 aromatic rings. The van der Waals surface area contributed by atoms with Gasteiger partial charge in [-0.25, -0.2) is 9.78 Å². The highest BCUT2D eigenvalue weighted by molar-refractivity contribution is 5.69. The third-order valence-electron chi connectivity index (χ3n) is 3.60. The average molecular weight is 376 g/mol. The maximum atomic E-state index is 12.7. The van der Waals surface area contributed by atoms with E-state index in [-0.39, 0.29) is 32.0 Å². The molecule has 0 saturated carbocycles. The Morgan fingerprint density at radius 3 is 2.27 bits per heavy atom. The third-order valence-corrected chi connectivity index (χ3v) is 3.60. The van der Waals surface area contributed by atoms with Crippen LogP contribution in [0.5, 0.6) is 0 Å². The van der Waals surface area contributed by atoms with Gasteiger partial charge in [-0.15, -0.1) is 0 Å². The van der Waals surface area contributed by atoms with Crippen LogP contribution in [0.3, 0.4) is 0 Å². The molecule has 0 atom stereocenters. The highest BCUT2D eigenvalue weighted by Crippen LogP contribution is 2.35. The Morgan fingerprint density at radius 2 is 1.81 bits per heavy atom. The molecule has 8 nitrogen and oxygen atoms in total. The van der Waals surface area contributed by atoms with Gasteiger partial charge >= 0.3 is 18.0 Å². The van der Waals surface area contributed by atoms with E-state index in [1.165, 1.54) is 9.80 Å². The molecule has 1 aromatic heterocycles. The number of amides is 1. The van der Waals surface area contributed by atoms with Gasteiger partial charge < -0.3 is 14.5 Å². The first-order chi connectivity index (χ1) is 11.9. The van der Waals surface area contributed by atoms with Crippen molar-refractivity contribution in [2.75, 3.05) is 31.1 Å². The first kappa shape index (κ1) is 19.7. The topological polar surface area (TPSA) is 88.8 Å². The molecule has 1 aliphatic heterocycles. The summed E-state index contributed by atoms with van der Waals surface area (Å²) in [5.74, 6) is -0.146. The number of carbonyl (C=O) groups is 1. The Kier molecular flexibility index (Phi) is 5.28. The molecule has 1 amide bonds. The van der Waals surface area contributed by atoms with Gasteiger partial charge in [0.25, 0.3) is 0 Å². The number of rotatable bonds is 2. The molecule has 0 aliphatic carbocycles. The van der Waals surface area contributed by atoms with Crippen LogP contribution in [0.2, 0.25) is 0 Å². The number of alkyl halides is 3. The van der Waals surface area contributed by atoms with E-state index in [1.54, 1.807) is 20.8 Å². The number of ether oxygens (including phenoxy) is 1. The zero-order valence-corrected chi connectivity index (χ0v) is 14.5. The molecule has 0 aromatic carbocycles. The van der Waals surface area contributed by atoms with Crippen molar-refractivity contribution < 1.29 is 27.6 Å². The van der Waals surface area contributed by atoms with Crippen LogP contribution in [0.15, 0.2) is 12.3 Å². The van der Waals surface area contributed by atoms with Gasteiger partial charge in [0.15, 0.2) is 0 Å². The van der Waals surface area contributed by atoms with E-state index in [2.05, 4.69) is 4.98 Å². The van der Waals surface area contributed by atoms with Crippen LogP contribution in [-0.2, 0) is 10.9 Å². The summed E-state index contributed by atoms with van der Waals surface area (Å²) in [6.45, 7) is 6.02. The molecule has 144 valence electrons. The summed E-state index contributed by atoms with van der Waals surface area (Å²) < 4.78 is 43.5. The molecule has 11 heteroatoms. The van der Waals surface area contributed by atoms with Crippen molar-refractivity contribution >= 4 is 17.6 Å². The molecule has 1 fully saturated rings. The number of aromatic nitrogens is 1. The molecule has 1 aliphatic rings. The summed E-state index contributed by atoms with van der Waals surface area (Å²) in [7, 11) is 0. The van der Waals surface area contributed by atoms with Crippen molar-refractivity contribution in [1.82, 2.24) is 9.88 Å². The predicted molar refractivity (Wildman–Crippen MR) is 85.9 cm³/mol. The van der Waals surface area contributed by atoms with Gasteiger partial charge in [0.05, 0.1) is 10.5 Å². The molecular weight excluding hydrogens is 357 g/mol. The maximum Gasteiger partial charge on any atom is 0.418 e. The van der Waals surface area contributed by atoms with E-state index in [4.69, 9.17) is 4.74 Å². The number of carbonyl (C=O) groups excluding carboxylic acids is 1. The minimum absolute atomic E-state index is 0.146. The number of nitrogens with zero attached hydrogens (tertiary/aromatic N) is 4. The fourth-order valence-corrected chi connectivity index (χ4v) is 2.41. The Labute approximate surface area is 147 Å². The summed E-state index contributed by atoms with van der Waals surface area (Å²) in [5.41, 5.74) is -2.55. The standard InChI is InChI=1S/C15H19F3N4O4/c1-14(2,3)26-13(23)21-6-4-20(5-7-21)12-11(22(24)25)8-10(9-19-12)15(16,17)18/h8-9H,4-7H2,1-3H3. The minimum Gasteiger partial charge on any atom is -0.444 e. The molecule has 0 N–H and O–H groups in total. The van der Waals surface area contributed by atoms with Crippen LogP contribution in [0, 0.1) is 10.1 Å². The molecule has 0 bridgehead atoms. The monoisotopic (exact) mass is 376 g/mol. The van der Waals surface area contributed by atoms with Crippen molar-refractivity contribution in [2.24, 2.45) is 0 Å². The third kappa shape index (κ3) is 4.73. The number of piperazine rings is 1. The van der Waals surface area contributed by atoms with E-state index in [1.807, 2.05) is 0 Å². The second-order valence-electron chi connectivity index (χ2n) is 6.78. The second-order valence-corrected chi connectivity index (χ2v) is 6.78. The summed E-state index contributed by atoms with van der Waals surface area (Å²) >= 11 is 0. The minimum atomic E-state index is -4.72. The zero-order chi connectivity index (χ0) is 19.7. The largest absolute Gasteiger partial charge is 0.444 e. The Balaban J connectivity index is 2.14. The lowest BCUT2D eigenvalue weighted by Gasteiger charge is -2.35. The zero-order valence-electron chi connectivity index (χ0n) is 14.5. The van der Waals surface area contributed by atoms with Gasteiger partial charge in [-0.2, -0.15) is 13.2 Å². The van der Waals surface area contributed by atoms with Gasteiger partial charge in [0.1, 0.15) is 5.60 Å². The molecule has 0 unspecified atom stereocenters. The number of anilines is 1. The van der Waals surface area contributed by atoms with Crippen molar-refractivity contribution in [3.05, 3.63) is 27.9 Å². The van der Waals surface area contributed by atoms with E-state index in [9.17, 15) is 28.1 Å². The number of hydrogen-bond acceptors (Lipinski definition) is 6. The number of hydrogen-bond donors (Lipinski definition) is 0. The number of nitro groups is 1. The highest BCUT2D eigenvalue weighted by Gasteiger charge is 2.35. The van der Waals surface area contributed by atoms with Crippen LogP contribution in [0.1, 0.15) is 26.3 Å². The molecule has 26 heavy (non-hydrogen) atoms. The second kappa shape index (κ2) is 6.96. The lowest BCUT2D eigenvalue weighted by Crippen LogP contribution is -2.50. The SMILES string of the molecule is CC(C)(C)OC(=O)N1CCN(c2ncc(C(F)(F)F)cc2[N+](=O)[O-])CC1. The Bertz CT molecular complexity index is 695. The van der Waals surface area contributed by atoms with Gasteiger partial charge in [-0.05, 0) is 20.8 Å². The normalized spacial score (nSPS) is 15.8. The van der Waals surface area contributed by atoms with Gasteiger partial charge in [-0.1, -0.05) is 0 Å². The average Bonchev–Trinajstić information content (AvgIpc) is 2.52. The number of halogens is 3. The lowest BCUT2D eigenvalue weighted by molar-refractivity contribution is -0.384. The van der Waals surface area contributed by atoms with Gasteiger partial charge in [0.2, 0.25) is 5.82 Å². The van der Waals surface area contributed by atoms with Gasteiger partial charge in [-0.3, -0.25) is 10.1 Å². The van der Waals surface area contributed by atoms with Gasteiger partial charge in [0, 0.05) is 38.4 Å². The fourth-order valence-electron chi connectivity index (χ4n) is 2.41. The van der Waals surface area contributed by atoms with Crippen molar-refractivity contribution in [3.63, 3.8) is 0 Å². The van der Waals surface area contributed by atoms with Crippen LogP contribution >= 0.6 is 0 Å². The van der Waals surface area contributed by atoms with E-state index in [0.717, 1.165) is 0 Å². The maximum absolute atomic E-state index is 12.7. The fraction of sp³-hybridized carbons (Fsp3) is 0.600. The van der Waals surface area contributed by atoms with Crippen LogP contribution in [0.25, 0.3) is 0 Å². The highest BCUT2D eigenvalue weighted by atomic mass is 19.4. The van der Waals surface area contributed by atoms with Crippen molar-refractivity contribution in [2.45, 2.75) is 32.5 Å². The quantitative estimate of drug-likeness (QED) is 0.582. The molecule has 0 radical (unpaired) electrons. The predicted octanol–water partition coefficient (Wildman–Crippen LogP) is 3.07. The molecule has 1 saturated heterocycles. The molecule has 0 spiro atoms. The first-order valence-corrected chi connectivity index (χ1v) is 7.83. The summed E-state index contributed by atoms with van der Waals surface area (Å²) in [4.78, 5) is 28.9. The smallest absolute Gasteiger partial charge is 0.418 e. The summed E-state index contributed by atoms with van der Waals surface area (Å²) in [6, 6.07) is 0.475. The summed E-state index contributed by atoms with van der Waals surface area (Å²) in [6.07, 6.45) is -4.65. The Morgan fingerprint density at radius 1 is 1.23 bits per heavy atom. The first-order valence-electron chi connectivity index (χ1n) is 7.83. The van der Waals surface area contributed by atoms with Crippen LogP contribution in [0.4, 0.5) is 29.5 Å². The Hall–Kier alpha value is -2.59. The van der Waals surface area contributed by atoms with Crippen molar-refractivity contribution in [1.29, 1.82) is 0 Å². The summed E-state index contributed by atoms with van der Waals surface area (Å²) in [5, 5.41) is 11.2.